The quantitative estimate of drug-likeness (QED) is 0.814. The van der Waals surface area contributed by atoms with Crippen LogP contribution in [0.1, 0.15) is 15.9 Å². The van der Waals surface area contributed by atoms with Crippen molar-refractivity contribution < 1.29 is 4.79 Å². The van der Waals surface area contributed by atoms with Gasteiger partial charge in [0.05, 0.1) is 11.6 Å². The zero-order chi connectivity index (χ0) is 13.0. The maximum atomic E-state index is 11.8. The second-order valence-electron chi connectivity index (χ2n) is 3.45. The second-order valence-corrected chi connectivity index (χ2v) is 3.45. The monoisotopic (exact) mass is 240 g/mol. The van der Waals surface area contributed by atoms with Crippen LogP contribution in [0.2, 0.25) is 0 Å². The summed E-state index contributed by atoms with van der Waals surface area (Å²) in [4.78, 5) is 23.2. The fourth-order valence-corrected chi connectivity index (χ4v) is 1.37. The molecule has 6 heteroatoms. The number of carbonyl (C=O) groups excluding carboxylic acids is 1. The van der Waals surface area contributed by atoms with Crippen LogP contribution in [0.3, 0.4) is 0 Å². The number of benzene rings is 1. The average molecular weight is 240 g/mol. The van der Waals surface area contributed by atoms with Crippen LogP contribution in [0.4, 0.5) is 5.69 Å². The van der Waals surface area contributed by atoms with E-state index in [1.54, 1.807) is 18.2 Å². The molecule has 0 saturated carbocycles. The molecule has 18 heavy (non-hydrogen) atoms. The number of hydrogen-bond donors (Lipinski definition) is 2. The third-order valence-electron chi connectivity index (χ3n) is 2.23. The Morgan fingerprint density at radius 2 is 2.22 bits per heavy atom. The Kier molecular flexibility index (Phi) is 3.16. The first-order valence-electron chi connectivity index (χ1n) is 5.06. The van der Waals surface area contributed by atoms with Crippen LogP contribution in [-0.4, -0.2) is 16.1 Å². The molecule has 0 aliphatic rings. The van der Waals surface area contributed by atoms with Crippen molar-refractivity contribution in [3.8, 4) is 6.07 Å². The Bertz CT molecular complexity index is 685. The number of aromatic nitrogens is 2. The molecule has 0 unspecified atom stereocenters. The molecule has 0 saturated heterocycles. The van der Waals surface area contributed by atoms with Crippen LogP contribution in [0.25, 0.3) is 0 Å². The SMILES string of the molecule is N#Cc1cccc(C(=O)Nc2ccn[nH]c2=O)c1. The summed E-state index contributed by atoms with van der Waals surface area (Å²) in [6, 6.07) is 9.54. The van der Waals surface area contributed by atoms with Crippen LogP contribution in [0.15, 0.2) is 41.3 Å². The number of H-pyrrole nitrogens is 1. The van der Waals surface area contributed by atoms with Crippen molar-refractivity contribution in [2.75, 3.05) is 5.32 Å². The number of hydrogen-bond acceptors (Lipinski definition) is 4. The Morgan fingerprint density at radius 1 is 1.39 bits per heavy atom. The molecule has 88 valence electrons. The van der Waals surface area contributed by atoms with Gasteiger partial charge in [-0.2, -0.15) is 10.4 Å². The molecule has 0 aliphatic carbocycles. The molecule has 0 aliphatic heterocycles. The summed E-state index contributed by atoms with van der Waals surface area (Å²) in [5.41, 5.74) is 0.316. The second kappa shape index (κ2) is 4.93. The van der Waals surface area contributed by atoms with E-state index in [1.807, 2.05) is 6.07 Å². The van der Waals surface area contributed by atoms with Crippen LogP contribution in [0, 0.1) is 11.3 Å². The van der Waals surface area contributed by atoms with E-state index in [-0.39, 0.29) is 5.69 Å². The highest BCUT2D eigenvalue weighted by atomic mass is 16.2. The number of nitrogens with one attached hydrogen (secondary N) is 2. The smallest absolute Gasteiger partial charge is 0.287 e. The zero-order valence-corrected chi connectivity index (χ0v) is 9.18. The van der Waals surface area contributed by atoms with Crippen molar-refractivity contribution >= 4 is 11.6 Å². The standard InChI is InChI=1S/C12H8N4O2/c13-7-8-2-1-3-9(6-8)11(17)15-10-4-5-14-16-12(10)18/h1-6H,(H,16,18)(H,14,15,17). The summed E-state index contributed by atoms with van der Waals surface area (Å²) < 4.78 is 0. The van der Waals surface area contributed by atoms with Crippen molar-refractivity contribution in [2.24, 2.45) is 0 Å². The molecule has 6 nitrogen and oxygen atoms in total. The van der Waals surface area contributed by atoms with Crippen LogP contribution < -0.4 is 10.9 Å². The van der Waals surface area contributed by atoms with Crippen molar-refractivity contribution in [3.63, 3.8) is 0 Å². The van der Waals surface area contributed by atoms with Gasteiger partial charge in [-0.05, 0) is 24.3 Å². The lowest BCUT2D eigenvalue weighted by molar-refractivity contribution is 0.102. The lowest BCUT2D eigenvalue weighted by Gasteiger charge is -2.03. The summed E-state index contributed by atoms with van der Waals surface area (Å²) in [5.74, 6) is -0.455. The molecule has 2 rings (SSSR count). The van der Waals surface area contributed by atoms with Gasteiger partial charge in [0.1, 0.15) is 5.69 Å². The van der Waals surface area contributed by atoms with Crippen LogP contribution in [-0.2, 0) is 0 Å². The van der Waals surface area contributed by atoms with E-state index in [1.165, 1.54) is 18.3 Å². The van der Waals surface area contributed by atoms with Gasteiger partial charge in [-0.25, -0.2) is 5.10 Å². The maximum absolute atomic E-state index is 11.8. The van der Waals surface area contributed by atoms with Gasteiger partial charge in [-0.1, -0.05) is 6.07 Å². The first kappa shape index (κ1) is 11.5. The van der Waals surface area contributed by atoms with Gasteiger partial charge in [0, 0.05) is 11.8 Å². The topological polar surface area (TPSA) is 98.6 Å². The Balaban J connectivity index is 2.25. The van der Waals surface area contributed by atoms with Gasteiger partial charge in [0.2, 0.25) is 0 Å². The van der Waals surface area contributed by atoms with Crippen LogP contribution in [0.5, 0.6) is 0 Å². The van der Waals surface area contributed by atoms with Gasteiger partial charge < -0.3 is 5.32 Å². The van der Waals surface area contributed by atoms with Crippen molar-refractivity contribution in [2.45, 2.75) is 0 Å². The summed E-state index contributed by atoms with van der Waals surface area (Å²) >= 11 is 0. The lowest BCUT2D eigenvalue weighted by atomic mass is 10.1. The van der Waals surface area contributed by atoms with Crippen molar-refractivity contribution in [1.29, 1.82) is 5.26 Å². The van der Waals surface area contributed by atoms with E-state index in [4.69, 9.17) is 5.26 Å². The predicted molar refractivity (Wildman–Crippen MR) is 64.0 cm³/mol. The predicted octanol–water partition coefficient (Wildman–Crippen LogP) is 0.894. The molecule has 1 aromatic heterocycles. The summed E-state index contributed by atoms with van der Waals surface area (Å²) in [6.45, 7) is 0. The number of nitriles is 1. The van der Waals surface area contributed by atoms with E-state index < -0.39 is 11.5 Å². The largest absolute Gasteiger partial charge is 0.317 e. The minimum atomic E-state index is -0.484. The zero-order valence-electron chi connectivity index (χ0n) is 9.18. The number of nitrogens with zero attached hydrogens (tertiary/aromatic N) is 2. The van der Waals surface area contributed by atoms with Gasteiger partial charge in [-0.15, -0.1) is 0 Å². The minimum Gasteiger partial charge on any atom is -0.317 e. The van der Waals surface area contributed by atoms with E-state index in [2.05, 4.69) is 15.5 Å². The highest BCUT2D eigenvalue weighted by Gasteiger charge is 2.08. The van der Waals surface area contributed by atoms with E-state index in [9.17, 15) is 9.59 Å². The highest BCUT2D eigenvalue weighted by molar-refractivity contribution is 6.04. The molecular formula is C12H8N4O2. The number of anilines is 1. The Morgan fingerprint density at radius 3 is 2.94 bits per heavy atom. The minimum absolute atomic E-state index is 0.109. The normalized spacial score (nSPS) is 9.50. The Labute approximate surface area is 102 Å². The van der Waals surface area contributed by atoms with E-state index in [0.29, 0.717) is 11.1 Å². The maximum Gasteiger partial charge on any atom is 0.287 e. The first-order chi connectivity index (χ1) is 8.70. The van der Waals surface area contributed by atoms with Crippen molar-refractivity contribution in [1.82, 2.24) is 10.2 Å². The van der Waals surface area contributed by atoms with Gasteiger partial charge in [-0.3, -0.25) is 9.59 Å². The third kappa shape index (κ3) is 2.41. The van der Waals surface area contributed by atoms with Crippen molar-refractivity contribution in [3.05, 3.63) is 58.0 Å². The van der Waals surface area contributed by atoms with E-state index in [0.717, 1.165) is 0 Å². The molecule has 2 aromatic rings. The molecule has 1 heterocycles. The van der Waals surface area contributed by atoms with Gasteiger partial charge in [0.15, 0.2) is 0 Å². The lowest BCUT2D eigenvalue weighted by Crippen LogP contribution is -2.20. The molecular weight excluding hydrogens is 232 g/mol. The summed E-state index contributed by atoms with van der Waals surface area (Å²) in [7, 11) is 0. The average Bonchev–Trinajstić information content (AvgIpc) is 2.41. The third-order valence-corrected chi connectivity index (χ3v) is 2.23. The fourth-order valence-electron chi connectivity index (χ4n) is 1.37. The Hall–Kier alpha value is -2.94. The molecule has 0 spiro atoms. The molecule has 0 radical (unpaired) electrons. The first-order valence-corrected chi connectivity index (χ1v) is 5.06. The summed E-state index contributed by atoms with van der Waals surface area (Å²) in [5, 5.41) is 16.9. The molecule has 1 amide bonds. The van der Waals surface area contributed by atoms with Gasteiger partial charge >= 0.3 is 0 Å². The number of carbonyl (C=O) groups is 1. The van der Waals surface area contributed by atoms with Gasteiger partial charge in [0.25, 0.3) is 11.5 Å². The molecule has 1 aromatic carbocycles. The highest BCUT2D eigenvalue weighted by Crippen LogP contribution is 2.06. The molecule has 0 bridgehead atoms. The number of amides is 1. The summed E-state index contributed by atoms with van der Waals surface area (Å²) in [6.07, 6.45) is 1.36. The molecule has 0 atom stereocenters. The number of rotatable bonds is 2. The molecule has 0 fully saturated rings. The number of aromatic amines is 1. The molecule has 2 N–H and O–H groups in total. The fraction of sp³-hybridized carbons (Fsp3) is 0. The van der Waals surface area contributed by atoms with Crippen LogP contribution >= 0.6 is 0 Å². The van der Waals surface area contributed by atoms with E-state index >= 15 is 0 Å².